The average Bonchev–Trinajstić information content (AvgIpc) is 1.68. The minimum absolute atomic E-state index is 0.419. The van der Waals surface area contributed by atoms with E-state index in [0.717, 1.165) is 0 Å². The topological polar surface area (TPSA) is 0 Å². The van der Waals surface area contributed by atoms with Gasteiger partial charge in [-0.3, -0.25) is 10.9 Å². The SMILES string of the molecule is CCC[SH](C)CCC. The third kappa shape index (κ3) is 4.51. The fourth-order valence-electron chi connectivity index (χ4n) is 0.875. The molecule has 0 aliphatic rings. The predicted molar refractivity (Wildman–Crippen MR) is 45.2 cm³/mol. The highest BCUT2D eigenvalue weighted by atomic mass is 32.2. The third-order valence-electron chi connectivity index (χ3n) is 1.21. The fraction of sp³-hybridized carbons (Fsp3) is 1.00. The smallest absolute Gasteiger partial charge is 0.0258 e. The molecule has 0 fully saturated rings. The van der Waals surface area contributed by atoms with E-state index in [1.807, 2.05) is 0 Å². The first-order valence-corrected chi connectivity index (χ1v) is 5.65. The Morgan fingerprint density at radius 1 is 1.00 bits per heavy atom. The molecule has 0 rings (SSSR count). The van der Waals surface area contributed by atoms with Crippen molar-refractivity contribution in [2.75, 3.05) is 17.8 Å². The maximum absolute atomic E-state index is 2.41. The van der Waals surface area contributed by atoms with Crippen molar-refractivity contribution >= 4 is 10.9 Å². The van der Waals surface area contributed by atoms with Crippen LogP contribution in [0.25, 0.3) is 0 Å². The van der Waals surface area contributed by atoms with E-state index in [1.165, 1.54) is 24.3 Å². The van der Waals surface area contributed by atoms with Crippen molar-refractivity contribution < 1.29 is 0 Å². The first-order valence-electron chi connectivity index (χ1n) is 3.49. The molecule has 8 heavy (non-hydrogen) atoms. The number of hydrogen-bond donors (Lipinski definition) is 1. The van der Waals surface area contributed by atoms with Crippen LogP contribution in [0.15, 0.2) is 0 Å². The van der Waals surface area contributed by atoms with Gasteiger partial charge in [0.05, 0.1) is 0 Å². The molecule has 1 heteroatoms. The van der Waals surface area contributed by atoms with Gasteiger partial charge in [0.2, 0.25) is 0 Å². The maximum Gasteiger partial charge on any atom is -0.0258 e. The Hall–Kier alpha value is 0.350. The van der Waals surface area contributed by atoms with E-state index in [0.29, 0.717) is 10.9 Å². The molecule has 0 heterocycles. The first-order chi connectivity index (χ1) is 3.81. The van der Waals surface area contributed by atoms with Crippen LogP contribution in [0.5, 0.6) is 0 Å². The van der Waals surface area contributed by atoms with Crippen LogP contribution in [0.2, 0.25) is 0 Å². The molecule has 0 radical (unpaired) electrons. The summed E-state index contributed by atoms with van der Waals surface area (Å²) in [5.74, 6) is 2.95. The number of hydrogen-bond acceptors (Lipinski definition) is 0. The summed E-state index contributed by atoms with van der Waals surface area (Å²) in [6.07, 6.45) is 5.16. The molecule has 0 N–H and O–H groups in total. The number of thiol groups is 1. The minimum Gasteiger partial charge on any atom is -0.256 e. The third-order valence-corrected chi connectivity index (χ3v) is 3.63. The fourth-order valence-corrected chi connectivity index (χ4v) is 2.63. The van der Waals surface area contributed by atoms with Crippen LogP contribution in [0.3, 0.4) is 0 Å². The second-order valence-electron chi connectivity index (χ2n) is 2.30. The molecule has 0 aromatic carbocycles. The van der Waals surface area contributed by atoms with Gasteiger partial charge in [0, 0.05) is 0 Å². The molecule has 0 nitrogen and oxygen atoms in total. The van der Waals surface area contributed by atoms with E-state index < -0.39 is 0 Å². The van der Waals surface area contributed by atoms with Crippen molar-refractivity contribution in [3.63, 3.8) is 0 Å². The highest BCUT2D eigenvalue weighted by Crippen LogP contribution is 2.20. The van der Waals surface area contributed by atoms with Crippen LogP contribution < -0.4 is 0 Å². The monoisotopic (exact) mass is 134 g/mol. The van der Waals surface area contributed by atoms with Gasteiger partial charge in [-0.25, -0.2) is 0 Å². The lowest BCUT2D eigenvalue weighted by atomic mass is 10.6. The van der Waals surface area contributed by atoms with E-state index in [-0.39, 0.29) is 0 Å². The van der Waals surface area contributed by atoms with Gasteiger partial charge in [0.1, 0.15) is 0 Å². The molecule has 0 aliphatic heterocycles. The molecule has 0 bridgehead atoms. The normalized spacial score (nSPS) is 11.6. The van der Waals surface area contributed by atoms with Gasteiger partial charge < -0.3 is 0 Å². The Morgan fingerprint density at radius 2 is 1.38 bits per heavy atom. The molecular weight excluding hydrogens is 116 g/mol. The van der Waals surface area contributed by atoms with Crippen molar-refractivity contribution in [3.8, 4) is 0 Å². The lowest BCUT2D eigenvalue weighted by Gasteiger charge is -2.11. The van der Waals surface area contributed by atoms with Crippen molar-refractivity contribution in [2.24, 2.45) is 0 Å². The molecule has 0 atom stereocenters. The van der Waals surface area contributed by atoms with Crippen molar-refractivity contribution in [2.45, 2.75) is 26.7 Å². The first kappa shape index (κ1) is 8.35. The lowest BCUT2D eigenvalue weighted by Crippen LogP contribution is -1.88. The summed E-state index contributed by atoms with van der Waals surface area (Å²) in [7, 11) is 0.419. The maximum atomic E-state index is 2.41. The quantitative estimate of drug-likeness (QED) is 0.561. The van der Waals surface area contributed by atoms with Crippen LogP contribution in [-0.4, -0.2) is 17.8 Å². The largest absolute Gasteiger partial charge is 0.256 e. The average molecular weight is 134 g/mol. The van der Waals surface area contributed by atoms with Gasteiger partial charge in [-0.1, -0.05) is 13.8 Å². The molecule has 0 aromatic rings. The summed E-state index contributed by atoms with van der Waals surface area (Å²) in [5, 5.41) is 0. The standard InChI is InChI=1S/C7H18S/c1-4-6-8(3)7-5-2/h8H,4-7H2,1-3H3. The van der Waals surface area contributed by atoms with Gasteiger partial charge in [-0.2, -0.15) is 0 Å². The van der Waals surface area contributed by atoms with Gasteiger partial charge in [-0.05, 0) is 30.6 Å². The zero-order valence-electron chi connectivity index (χ0n) is 6.28. The molecule has 0 aliphatic carbocycles. The summed E-state index contributed by atoms with van der Waals surface area (Å²) in [6.45, 7) is 4.54. The van der Waals surface area contributed by atoms with E-state index in [1.54, 1.807) is 0 Å². The molecule has 0 unspecified atom stereocenters. The van der Waals surface area contributed by atoms with E-state index >= 15 is 0 Å². The zero-order chi connectivity index (χ0) is 6.41. The summed E-state index contributed by atoms with van der Waals surface area (Å²) >= 11 is 0. The summed E-state index contributed by atoms with van der Waals surface area (Å²) in [6, 6.07) is 0. The van der Waals surface area contributed by atoms with Crippen LogP contribution >= 0.6 is 10.9 Å². The van der Waals surface area contributed by atoms with Gasteiger partial charge >= 0.3 is 0 Å². The molecule has 0 spiro atoms. The van der Waals surface area contributed by atoms with E-state index in [2.05, 4.69) is 20.1 Å². The van der Waals surface area contributed by atoms with Gasteiger partial charge in [0.15, 0.2) is 0 Å². The van der Waals surface area contributed by atoms with Crippen molar-refractivity contribution in [3.05, 3.63) is 0 Å². The highest BCUT2D eigenvalue weighted by Gasteiger charge is 1.90. The summed E-state index contributed by atoms with van der Waals surface area (Å²) in [5.41, 5.74) is 0. The predicted octanol–water partition coefficient (Wildman–Crippen LogP) is 2.44. The molecule has 0 saturated carbocycles. The second kappa shape index (κ2) is 5.49. The van der Waals surface area contributed by atoms with Crippen LogP contribution in [-0.2, 0) is 0 Å². The Labute approximate surface area is 56.0 Å². The molecule has 0 amide bonds. The van der Waals surface area contributed by atoms with Crippen molar-refractivity contribution in [1.82, 2.24) is 0 Å². The van der Waals surface area contributed by atoms with Crippen LogP contribution in [0, 0.1) is 0 Å². The lowest BCUT2D eigenvalue weighted by molar-refractivity contribution is 1.07. The summed E-state index contributed by atoms with van der Waals surface area (Å²) < 4.78 is 0. The Morgan fingerprint density at radius 3 is 1.62 bits per heavy atom. The highest BCUT2D eigenvalue weighted by molar-refractivity contribution is 8.16. The van der Waals surface area contributed by atoms with Crippen LogP contribution in [0.4, 0.5) is 0 Å². The Kier molecular flexibility index (Phi) is 5.73. The Bertz CT molecular complexity index is 37.7. The molecular formula is C7H18S. The minimum atomic E-state index is 0.419. The molecule has 52 valence electrons. The van der Waals surface area contributed by atoms with E-state index in [9.17, 15) is 0 Å². The zero-order valence-corrected chi connectivity index (χ0v) is 7.17. The van der Waals surface area contributed by atoms with Crippen LogP contribution in [0.1, 0.15) is 26.7 Å². The number of rotatable bonds is 4. The summed E-state index contributed by atoms with van der Waals surface area (Å²) in [4.78, 5) is 0. The van der Waals surface area contributed by atoms with E-state index in [4.69, 9.17) is 0 Å². The molecule has 0 aromatic heterocycles. The Balaban J connectivity index is 2.92. The molecule has 0 saturated heterocycles. The van der Waals surface area contributed by atoms with Crippen molar-refractivity contribution in [1.29, 1.82) is 0 Å². The van der Waals surface area contributed by atoms with Gasteiger partial charge in [0.25, 0.3) is 0 Å². The van der Waals surface area contributed by atoms with Gasteiger partial charge in [-0.15, -0.1) is 0 Å². The second-order valence-corrected chi connectivity index (χ2v) is 4.91.